The number of methoxy groups -OCH3 is 1. The monoisotopic (exact) mass is 367 g/mol. The molecule has 2 atom stereocenters. The molecule has 1 amide bonds. The summed E-state index contributed by atoms with van der Waals surface area (Å²) in [4.78, 5) is 23.5. The van der Waals surface area contributed by atoms with Crippen molar-refractivity contribution in [3.05, 3.63) is 54.1 Å². The first-order valence-electron chi connectivity index (χ1n) is 9.30. The van der Waals surface area contributed by atoms with Crippen molar-refractivity contribution in [3.8, 4) is 16.9 Å². The van der Waals surface area contributed by atoms with Crippen LogP contribution in [-0.2, 0) is 16.1 Å². The van der Waals surface area contributed by atoms with Crippen LogP contribution in [0.4, 0.5) is 0 Å². The van der Waals surface area contributed by atoms with Gasteiger partial charge in [0.05, 0.1) is 13.0 Å². The summed E-state index contributed by atoms with van der Waals surface area (Å²) in [7, 11) is 1.65. The molecule has 2 aromatic rings. The molecule has 0 spiro atoms. The number of carbonyl (C=O) groups is 2. The van der Waals surface area contributed by atoms with Crippen LogP contribution in [0.15, 0.2) is 48.5 Å². The Morgan fingerprint density at radius 3 is 2.19 bits per heavy atom. The molecule has 3 rings (SSSR count). The standard InChI is InChI=1S/C22H25NO4/c1-27-20-11-9-17(10-12-20)16-7-5-15(6-8-16)14-23-21(24)18-3-2-4-19(13-18)22(25)26/h5-12,18-19H,2-4,13-14H2,1H3,(H,23,24)(H,25,26). The van der Waals surface area contributed by atoms with Crippen molar-refractivity contribution in [1.82, 2.24) is 5.32 Å². The fourth-order valence-electron chi connectivity index (χ4n) is 3.58. The van der Waals surface area contributed by atoms with E-state index < -0.39 is 11.9 Å². The van der Waals surface area contributed by atoms with Crippen molar-refractivity contribution < 1.29 is 19.4 Å². The van der Waals surface area contributed by atoms with Crippen molar-refractivity contribution in [1.29, 1.82) is 0 Å². The molecule has 2 unspecified atom stereocenters. The Morgan fingerprint density at radius 1 is 1.00 bits per heavy atom. The van der Waals surface area contributed by atoms with Crippen molar-refractivity contribution >= 4 is 11.9 Å². The van der Waals surface area contributed by atoms with Gasteiger partial charge in [-0.3, -0.25) is 9.59 Å². The second kappa shape index (κ2) is 8.71. The molecular weight excluding hydrogens is 342 g/mol. The maximum atomic E-state index is 12.4. The van der Waals surface area contributed by atoms with Crippen LogP contribution in [0.2, 0.25) is 0 Å². The quantitative estimate of drug-likeness (QED) is 0.813. The summed E-state index contributed by atoms with van der Waals surface area (Å²) in [5, 5.41) is 12.1. The summed E-state index contributed by atoms with van der Waals surface area (Å²) < 4.78 is 5.18. The number of nitrogens with one attached hydrogen (secondary N) is 1. The average molecular weight is 367 g/mol. The molecule has 0 bridgehead atoms. The Kier molecular flexibility index (Phi) is 6.12. The first-order valence-corrected chi connectivity index (χ1v) is 9.30. The van der Waals surface area contributed by atoms with Gasteiger partial charge in [0, 0.05) is 12.5 Å². The molecule has 0 aliphatic heterocycles. The first-order chi connectivity index (χ1) is 13.1. The number of carbonyl (C=O) groups excluding carboxylic acids is 1. The van der Waals surface area contributed by atoms with Gasteiger partial charge in [0.15, 0.2) is 0 Å². The van der Waals surface area contributed by atoms with Crippen LogP contribution < -0.4 is 10.1 Å². The molecule has 0 heterocycles. The van der Waals surface area contributed by atoms with Gasteiger partial charge >= 0.3 is 5.97 Å². The molecule has 142 valence electrons. The SMILES string of the molecule is COc1ccc(-c2ccc(CNC(=O)C3CCCC(C(=O)O)C3)cc2)cc1. The predicted octanol–water partition coefficient (Wildman–Crippen LogP) is 3.87. The van der Waals surface area contributed by atoms with Gasteiger partial charge in [-0.25, -0.2) is 0 Å². The maximum Gasteiger partial charge on any atom is 0.306 e. The highest BCUT2D eigenvalue weighted by molar-refractivity contribution is 5.80. The minimum absolute atomic E-state index is 0.0415. The third-order valence-corrected chi connectivity index (χ3v) is 5.24. The number of hydrogen-bond donors (Lipinski definition) is 2. The van der Waals surface area contributed by atoms with E-state index in [0.29, 0.717) is 19.4 Å². The summed E-state index contributed by atoms with van der Waals surface area (Å²) in [6, 6.07) is 15.9. The van der Waals surface area contributed by atoms with E-state index in [0.717, 1.165) is 35.3 Å². The average Bonchev–Trinajstić information content (AvgIpc) is 2.72. The molecule has 1 fully saturated rings. The maximum absolute atomic E-state index is 12.4. The summed E-state index contributed by atoms with van der Waals surface area (Å²) in [5.41, 5.74) is 3.23. The van der Waals surface area contributed by atoms with Gasteiger partial charge in [0.2, 0.25) is 5.91 Å². The van der Waals surface area contributed by atoms with E-state index in [-0.39, 0.29) is 11.8 Å². The van der Waals surface area contributed by atoms with Crippen LogP contribution in [0.25, 0.3) is 11.1 Å². The summed E-state index contributed by atoms with van der Waals surface area (Å²) in [6.07, 6.45) is 2.68. The Hall–Kier alpha value is -2.82. The molecule has 0 radical (unpaired) electrons. The Morgan fingerprint density at radius 2 is 1.59 bits per heavy atom. The van der Waals surface area contributed by atoms with Crippen molar-refractivity contribution in [3.63, 3.8) is 0 Å². The van der Waals surface area contributed by atoms with Gasteiger partial charge in [0.1, 0.15) is 5.75 Å². The number of amides is 1. The Bertz CT molecular complexity index is 783. The van der Waals surface area contributed by atoms with Crippen molar-refractivity contribution in [2.24, 2.45) is 11.8 Å². The molecule has 5 nitrogen and oxygen atoms in total. The van der Waals surface area contributed by atoms with E-state index in [4.69, 9.17) is 9.84 Å². The topological polar surface area (TPSA) is 75.6 Å². The molecule has 27 heavy (non-hydrogen) atoms. The van der Waals surface area contributed by atoms with Gasteiger partial charge in [-0.2, -0.15) is 0 Å². The number of carboxylic acid groups (broad SMARTS) is 1. The summed E-state index contributed by atoms with van der Waals surface area (Å²) in [6.45, 7) is 0.454. The van der Waals surface area contributed by atoms with Crippen LogP contribution in [0.5, 0.6) is 5.75 Å². The molecule has 1 aliphatic rings. The van der Waals surface area contributed by atoms with Gasteiger partial charge < -0.3 is 15.2 Å². The molecule has 5 heteroatoms. The van der Waals surface area contributed by atoms with Crippen molar-refractivity contribution in [2.45, 2.75) is 32.2 Å². The largest absolute Gasteiger partial charge is 0.497 e. The minimum atomic E-state index is -0.790. The molecular formula is C22H25NO4. The predicted molar refractivity (Wildman–Crippen MR) is 103 cm³/mol. The second-order valence-corrected chi connectivity index (χ2v) is 7.04. The number of rotatable bonds is 6. The molecule has 0 saturated heterocycles. The highest BCUT2D eigenvalue weighted by Gasteiger charge is 2.30. The zero-order chi connectivity index (χ0) is 19.2. The number of hydrogen-bond acceptors (Lipinski definition) is 3. The number of benzene rings is 2. The van der Waals surface area contributed by atoms with Crippen LogP contribution >= 0.6 is 0 Å². The minimum Gasteiger partial charge on any atom is -0.497 e. The Balaban J connectivity index is 1.55. The van der Waals surface area contributed by atoms with Crippen molar-refractivity contribution in [2.75, 3.05) is 7.11 Å². The Labute approximate surface area is 159 Å². The third-order valence-electron chi connectivity index (χ3n) is 5.24. The van der Waals surface area contributed by atoms with Crippen LogP contribution in [-0.4, -0.2) is 24.1 Å². The lowest BCUT2D eigenvalue weighted by Crippen LogP contribution is -2.35. The van der Waals surface area contributed by atoms with Gasteiger partial charge in [0.25, 0.3) is 0 Å². The van der Waals surface area contributed by atoms with E-state index in [1.54, 1.807) is 7.11 Å². The molecule has 2 N–H and O–H groups in total. The molecule has 1 aliphatic carbocycles. The highest BCUT2D eigenvalue weighted by Crippen LogP contribution is 2.29. The zero-order valence-corrected chi connectivity index (χ0v) is 15.5. The smallest absolute Gasteiger partial charge is 0.306 e. The second-order valence-electron chi connectivity index (χ2n) is 7.04. The van der Waals surface area contributed by atoms with Gasteiger partial charge in [-0.15, -0.1) is 0 Å². The van der Waals surface area contributed by atoms with Crippen LogP contribution in [0.1, 0.15) is 31.2 Å². The lowest BCUT2D eigenvalue weighted by Gasteiger charge is -2.25. The van der Waals surface area contributed by atoms with E-state index in [1.165, 1.54) is 0 Å². The fraction of sp³-hybridized carbons (Fsp3) is 0.364. The molecule has 2 aromatic carbocycles. The van der Waals surface area contributed by atoms with Crippen LogP contribution in [0, 0.1) is 11.8 Å². The molecule has 1 saturated carbocycles. The number of ether oxygens (including phenoxy) is 1. The van der Waals surface area contributed by atoms with E-state index >= 15 is 0 Å². The summed E-state index contributed by atoms with van der Waals surface area (Å²) in [5.74, 6) is -0.593. The fourth-order valence-corrected chi connectivity index (χ4v) is 3.58. The van der Waals surface area contributed by atoms with E-state index in [9.17, 15) is 9.59 Å². The number of aliphatic carboxylic acids is 1. The number of carboxylic acids is 1. The van der Waals surface area contributed by atoms with E-state index in [2.05, 4.69) is 5.32 Å². The lowest BCUT2D eigenvalue weighted by atomic mass is 9.81. The first kappa shape index (κ1) is 19.0. The van der Waals surface area contributed by atoms with Gasteiger partial charge in [-0.1, -0.05) is 42.8 Å². The van der Waals surface area contributed by atoms with Crippen LogP contribution in [0.3, 0.4) is 0 Å². The normalized spacial score (nSPS) is 19.3. The zero-order valence-electron chi connectivity index (χ0n) is 15.5. The lowest BCUT2D eigenvalue weighted by molar-refractivity contribution is -0.144. The van der Waals surface area contributed by atoms with E-state index in [1.807, 2.05) is 48.5 Å². The van der Waals surface area contributed by atoms with Gasteiger partial charge in [-0.05, 0) is 48.1 Å². The third kappa shape index (κ3) is 4.88. The summed E-state index contributed by atoms with van der Waals surface area (Å²) >= 11 is 0. The molecule has 0 aromatic heterocycles. The highest BCUT2D eigenvalue weighted by atomic mass is 16.5.